The van der Waals surface area contributed by atoms with Crippen molar-refractivity contribution in [3.63, 3.8) is 0 Å². The Morgan fingerprint density at radius 2 is 1.85 bits per heavy atom. The zero-order valence-corrected chi connectivity index (χ0v) is 8.43. The lowest BCUT2D eigenvalue weighted by Gasteiger charge is -2.06. The average Bonchev–Trinajstić information content (AvgIpc) is 1.99. The molecule has 0 heterocycles. The lowest BCUT2D eigenvalue weighted by molar-refractivity contribution is -0.150. The molecular formula is C10H14O3. The fourth-order valence-electron chi connectivity index (χ4n) is 0.492. The van der Waals surface area contributed by atoms with E-state index in [9.17, 15) is 9.59 Å². The van der Waals surface area contributed by atoms with Gasteiger partial charge in [0.05, 0.1) is 6.61 Å². The van der Waals surface area contributed by atoms with Crippen LogP contribution in [0.2, 0.25) is 0 Å². The van der Waals surface area contributed by atoms with Crippen LogP contribution in [0.15, 0.2) is 0 Å². The van der Waals surface area contributed by atoms with Gasteiger partial charge in [-0.25, -0.2) is 4.79 Å². The van der Waals surface area contributed by atoms with Crippen molar-refractivity contribution in [1.82, 2.24) is 0 Å². The van der Waals surface area contributed by atoms with Crippen LogP contribution < -0.4 is 0 Å². The van der Waals surface area contributed by atoms with Gasteiger partial charge in [-0.1, -0.05) is 5.92 Å². The third kappa shape index (κ3) is 5.92. The van der Waals surface area contributed by atoms with Crippen molar-refractivity contribution in [3.05, 3.63) is 0 Å². The van der Waals surface area contributed by atoms with Gasteiger partial charge < -0.3 is 4.74 Å². The van der Waals surface area contributed by atoms with Crippen LogP contribution in [0.5, 0.6) is 0 Å². The maximum atomic E-state index is 10.9. The second-order valence-electron chi connectivity index (χ2n) is 3.55. The molecule has 0 saturated heterocycles. The van der Waals surface area contributed by atoms with Crippen LogP contribution in [0, 0.1) is 17.3 Å². The summed E-state index contributed by atoms with van der Waals surface area (Å²) in [5.41, 5.74) is -0.276. The number of hydrogen-bond donors (Lipinski definition) is 0. The first-order chi connectivity index (χ1) is 5.87. The molecule has 0 aromatic carbocycles. The minimum Gasteiger partial charge on any atom is -0.459 e. The number of esters is 1. The highest BCUT2D eigenvalue weighted by Crippen LogP contribution is 2.09. The molecule has 0 unspecified atom stereocenters. The summed E-state index contributed by atoms with van der Waals surface area (Å²) in [6, 6.07) is 0. The van der Waals surface area contributed by atoms with Gasteiger partial charge in [0.25, 0.3) is 0 Å². The molecule has 0 radical (unpaired) electrons. The monoisotopic (exact) mass is 182 g/mol. The molecule has 0 spiro atoms. The third-order valence-corrected chi connectivity index (χ3v) is 1.01. The number of rotatable bonds is 2. The predicted molar refractivity (Wildman–Crippen MR) is 48.9 cm³/mol. The highest BCUT2D eigenvalue weighted by Gasteiger charge is 2.12. The van der Waals surface area contributed by atoms with E-state index in [1.807, 2.05) is 20.8 Å². The first kappa shape index (κ1) is 11.7. The van der Waals surface area contributed by atoms with E-state index in [4.69, 9.17) is 0 Å². The Labute approximate surface area is 78.5 Å². The van der Waals surface area contributed by atoms with Crippen molar-refractivity contribution < 1.29 is 14.3 Å². The zero-order valence-electron chi connectivity index (χ0n) is 8.43. The molecule has 0 fully saturated rings. The van der Waals surface area contributed by atoms with E-state index in [0.717, 1.165) is 0 Å². The quantitative estimate of drug-likeness (QED) is 0.278. The molecule has 0 rings (SSSR count). The number of carbonyl (C=O) groups excluding carboxylic acids is 2. The molecule has 3 heteroatoms. The van der Waals surface area contributed by atoms with Crippen molar-refractivity contribution in [3.8, 4) is 11.8 Å². The topological polar surface area (TPSA) is 43.4 Å². The molecule has 0 aliphatic heterocycles. The number of ether oxygens (including phenoxy) is 1. The van der Waals surface area contributed by atoms with Crippen LogP contribution in [0.4, 0.5) is 0 Å². The summed E-state index contributed by atoms with van der Waals surface area (Å²) in [6.45, 7) is 7.42. The largest absolute Gasteiger partial charge is 0.459 e. The minimum absolute atomic E-state index is 0.196. The van der Waals surface area contributed by atoms with E-state index in [-0.39, 0.29) is 12.0 Å². The van der Waals surface area contributed by atoms with Gasteiger partial charge in [-0.15, -0.1) is 0 Å². The molecule has 0 aromatic heterocycles. The predicted octanol–water partition coefficient (Wildman–Crippen LogP) is 1.17. The standard InChI is InChI=1S/C10H14O3/c1-5-13-9(12)8(11)6-7-10(2,3)4/h5H2,1-4H3. The third-order valence-electron chi connectivity index (χ3n) is 1.01. The zero-order chi connectivity index (χ0) is 10.5. The van der Waals surface area contributed by atoms with Crippen molar-refractivity contribution >= 4 is 11.8 Å². The molecule has 72 valence electrons. The molecule has 0 N–H and O–H groups in total. The van der Waals surface area contributed by atoms with E-state index in [1.54, 1.807) is 6.92 Å². The van der Waals surface area contributed by atoms with Crippen molar-refractivity contribution in [2.24, 2.45) is 5.41 Å². The molecule has 0 bridgehead atoms. The van der Waals surface area contributed by atoms with Crippen molar-refractivity contribution in [2.75, 3.05) is 6.61 Å². The van der Waals surface area contributed by atoms with Gasteiger partial charge in [-0.3, -0.25) is 4.79 Å². The number of hydrogen-bond acceptors (Lipinski definition) is 3. The van der Waals surface area contributed by atoms with Crippen LogP contribution in [-0.4, -0.2) is 18.4 Å². The van der Waals surface area contributed by atoms with Gasteiger partial charge in [0.2, 0.25) is 0 Å². The first-order valence-corrected chi connectivity index (χ1v) is 4.11. The van der Waals surface area contributed by atoms with Gasteiger partial charge in [-0.2, -0.15) is 0 Å². The Balaban J connectivity index is 4.28. The summed E-state index contributed by atoms with van der Waals surface area (Å²) < 4.78 is 4.48. The second kappa shape index (κ2) is 4.66. The van der Waals surface area contributed by atoms with Crippen LogP contribution >= 0.6 is 0 Å². The van der Waals surface area contributed by atoms with Crippen LogP contribution in [-0.2, 0) is 14.3 Å². The van der Waals surface area contributed by atoms with Gasteiger partial charge in [-0.05, 0) is 33.6 Å². The van der Waals surface area contributed by atoms with E-state index in [2.05, 4.69) is 16.6 Å². The molecule has 13 heavy (non-hydrogen) atoms. The van der Waals surface area contributed by atoms with Crippen LogP contribution in [0.3, 0.4) is 0 Å². The van der Waals surface area contributed by atoms with Gasteiger partial charge in [0, 0.05) is 5.41 Å². The van der Waals surface area contributed by atoms with Gasteiger partial charge >= 0.3 is 11.8 Å². The van der Waals surface area contributed by atoms with Crippen molar-refractivity contribution in [2.45, 2.75) is 27.7 Å². The summed E-state index contributed by atoms with van der Waals surface area (Å²) in [5.74, 6) is 3.25. The summed E-state index contributed by atoms with van der Waals surface area (Å²) in [4.78, 5) is 21.7. The minimum atomic E-state index is -0.876. The molecular weight excluding hydrogens is 168 g/mol. The second-order valence-corrected chi connectivity index (χ2v) is 3.55. The van der Waals surface area contributed by atoms with E-state index >= 15 is 0 Å². The Bertz CT molecular complexity index is 260. The van der Waals surface area contributed by atoms with Gasteiger partial charge in [0.15, 0.2) is 0 Å². The highest BCUT2D eigenvalue weighted by atomic mass is 16.5. The maximum Gasteiger partial charge on any atom is 0.388 e. The van der Waals surface area contributed by atoms with E-state index in [0.29, 0.717) is 0 Å². The summed E-state index contributed by atoms with van der Waals surface area (Å²) in [6.07, 6.45) is 0. The number of ketones is 1. The SMILES string of the molecule is CCOC(=O)C(=O)C#CC(C)(C)C. The molecule has 0 amide bonds. The lowest BCUT2D eigenvalue weighted by Crippen LogP contribution is -2.15. The molecule has 0 aromatic rings. The summed E-state index contributed by atoms with van der Waals surface area (Å²) >= 11 is 0. The summed E-state index contributed by atoms with van der Waals surface area (Å²) in [7, 11) is 0. The van der Waals surface area contributed by atoms with Crippen LogP contribution in [0.25, 0.3) is 0 Å². The highest BCUT2D eigenvalue weighted by molar-refractivity contribution is 6.40. The molecule has 0 atom stereocenters. The Hall–Kier alpha value is -1.30. The Morgan fingerprint density at radius 1 is 1.31 bits per heavy atom. The lowest BCUT2D eigenvalue weighted by atomic mass is 9.98. The molecule has 0 saturated carbocycles. The Morgan fingerprint density at radius 3 is 2.23 bits per heavy atom. The molecule has 0 aliphatic rings. The number of carbonyl (C=O) groups is 2. The molecule has 0 aliphatic carbocycles. The van der Waals surface area contributed by atoms with Crippen LogP contribution in [0.1, 0.15) is 27.7 Å². The molecule has 3 nitrogen and oxygen atoms in total. The first-order valence-electron chi connectivity index (χ1n) is 4.11. The van der Waals surface area contributed by atoms with E-state index < -0.39 is 11.8 Å². The van der Waals surface area contributed by atoms with Gasteiger partial charge in [0.1, 0.15) is 0 Å². The Kier molecular flexibility index (Phi) is 4.19. The van der Waals surface area contributed by atoms with E-state index in [1.165, 1.54) is 0 Å². The normalized spacial score (nSPS) is 9.85. The fraction of sp³-hybridized carbons (Fsp3) is 0.600. The fourth-order valence-corrected chi connectivity index (χ4v) is 0.492. The summed E-state index contributed by atoms with van der Waals surface area (Å²) in [5, 5.41) is 0. The number of Topliss-reactive ketones (excluding diaryl/α,β-unsaturated/α-hetero) is 1. The smallest absolute Gasteiger partial charge is 0.388 e. The average molecular weight is 182 g/mol. The van der Waals surface area contributed by atoms with Crippen molar-refractivity contribution in [1.29, 1.82) is 0 Å². The maximum absolute atomic E-state index is 10.9.